The summed E-state index contributed by atoms with van der Waals surface area (Å²) in [6, 6.07) is 3.86. The number of nitrogens with one attached hydrogen (secondary N) is 1. The molecule has 0 spiro atoms. The Morgan fingerprint density at radius 1 is 1.44 bits per heavy atom. The van der Waals surface area contributed by atoms with Gasteiger partial charge in [-0.05, 0) is 31.7 Å². The molecule has 0 saturated heterocycles. The lowest BCUT2D eigenvalue weighted by Gasteiger charge is -2.18. The van der Waals surface area contributed by atoms with Crippen LogP contribution < -0.4 is 4.72 Å². The van der Waals surface area contributed by atoms with Crippen LogP contribution in [0.5, 0.6) is 0 Å². The average molecular weight is 261 g/mol. The molecule has 92 valence electrons. The third kappa shape index (κ3) is 3.57. The van der Waals surface area contributed by atoms with Crippen molar-refractivity contribution in [3.8, 4) is 0 Å². The van der Waals surface area contributed by atoms with Crippen molar-refractivity contribution in [2.45, 2.75) is 44.9 Å². The largest absolute Gasteiger partial charge is 0.214 e. The summed E-state index contributed by atoms with van der Waals surface area (Å²) < 4.78 is 26.4. The van der Waals surface area contributed by atoms with Gasteiger partial charge in [0.1, 0.15) is 0 Å². The molecule has 0 aliphatic heterocycles. The zero-order chi connectivity index (χ0) is 12.2. The van der Waals surface area contributed by atoms with Crippen molar-refractivity contribution < 1.29 is 8.42 Å². The molecule has 0 aromatic carbocycles. The molecule has 1 rings (SSSR count). The summed E-state index contributed by atoms with van der Waals surface area (Å²) in [4.78, 5) is 1.09. The van der Waals surface area contributed by atoms with Gasteiger partial charge >= 0.3 is 0 Å². The molecule has 1 atom stereocenters. The van der Waals surface area contributed by atoms with E-state index in [1.807, 2.05) is 17.5 Å². The molecule has 0 aliphatic carbocycles. The first-order chi connectivity index (χ1) is 7.47. The normalized spacial score (nSPS) is 14.2. The van der Waals surface area contributed by atoms with Crippen LogP contribution in [0.25, 0.3) is 0 Å². The van der Waals surface area contributed by atoms with Crippen LogP contribution >= 0.6 is 11.3 Å². The van der Waals surface area contributed by atoms with Crippen molar-refractivity contribution in [2.75, 3.05) is 0 Å². The molecule has 0 radical (unpaired) electrons. The van der Waals surface area contributed by atoms with E-state index in [2.05, 4.69) is 11.6 Å². The standard InChI is InChI=1S/C11H19NO2S2/c1-4-6-10(11-7-5-8-15-11)12-16(13,14)9(2)3/h5,7-10,12H,4,6H2,1-3H3. The summed E-state index contributed by atoms with van der Waals surface area (Å²) in [6.45, 7) is 5.45. The van der Waals surface area contributed by atoms with Gasteiger partial charge in [0.15, 0.2) is 0 Å². The van der Waals surface area contributed by atoms with Gasteiger partial charge in [0.25, 0.3) is 0 Å². The average Bonchev–Trinajstić information content (AvgIpc) is 2.69. The highest BCUT2D eigenvalue weighted by molar-refractivity contribution is 7.90. The third-order valence-electron chi connectivity index (χ3n) is 2.39. The van der Waals surface area contributed by atoms with Crippen molar-refractivity contribution >= 4 is 21.4 Å². The molecule has 1 N–H and O–H groups in total. The first-order valence-electron chi connectivity index (χ1n) is 5.52. The van der Waals surface area contributed by atoms with Crippen molar-refractivity contribution in [3.63, 3.8) is 0 Å². The third-order valence-corrected chi connectivity index (χ3v) is 5.23. The second kappa shape index (κ2) is 5.80. The molecule has 1 heterocycles. The van der Waals surface area contributed by atoms with E-state index in [4.69, 9.17) is 0 Å². The molecular weight excluding hydrogens is 242 g/mol. The number of hydrogen-bond donors (Lipinski definition) is 1. The molecule has 0 aliphatic rings. The molecule has 0 saturated carbocycles. The predicted octanol–water partition coefficient (Wildman–Crippen LogP) is 2.92. The number of rotatable bonds is 6. The molecule has 0 fully saturated rings. The number of sulfonamides is 1. The van der Waals surface area contributed by atoms with Crippen LogP contribution in [0.15, 0.2) is 17.5 Å². The van der Waals surface area contributed by atoms with Gasteiger partial charge in [-0.3, -0.25) is 0 Å². The summed E-state index contributed by atoms with van der Waals surface area (Å²) in [5.41, 5.74) is 0. The Labute approximate surface area is 102 Å². The maximum Gasteiger partial charge on any atom is 0.214 e. The highest BCUT2D eigenvalue weighted by atomic mass is 32.2. The van der Waals surface area contributed by atoms with Crippen LogP contribution in [0.2, 0.25) is 0 Å². The molecule has 3 nitrogen and oxygen atoms in total. The maximum atomic E-state index is 11.8. The van der Waals surface area contributed by atoms with Crippen LogP contribution in [-0.2, 0) is 10.0 Å². The van der Waals surface area contributed by atoms with Crippen molar-refractivity contribution in [1.29, 1.82) is 0 Å². The Hall–Kier alpha value is -0.390. The van der Waals surface area contributed by atoms with Gasteiger partial charge in [-0.1, -0.05) is 19.4 Å². The zero-order valence-corrected chi connectivity index (χ0v) is 11.6. The first-order valence-corrected chi connectivity index (χ1v) is 7.94. The van der Waals surface area contributed by atoms with E-state index in [1.165, 1.54) is 0 Å². The van der Waals surface area contributed by atoms with E-state index < -0.39 is 10.0 Å². The van der Waals surface area contributed by atoms with Crippen molar-refractivity contribution in [1.82, 2.24) is 4.72 Å². The SMILES string of the molecule is CCCC(NS(=O)(=O)C(C)C)c1cccs1. The van der Waals surface area contributed by atoms with E-state index in [-0.39, 0.29) is 11.3 Å². The monoisotopic (exact) mass is 261 g/mol. The second-order valence-corrected chi connectivity index (χ2v) is 7.32. The van der Waals surface area contributed by atoms with Crippen LogP contribution in [-0.4, -0.2) is 13.7 Å². The summed E-state index contributed by atoms with van der Waals surface area (Å²) in [7, 11) is -3.19. The van der Waals surface area contributed by atoms with Crippen molar-refractivity contribution in [3.05, 3.63) is 22.4 Å². The summed E-state index contributed by atoms with van der Waals surface area (Å²) in [6.07, 6.45) is 1.80. The Morgan fingerprint density at radius 3 is 2.56 bits per heavy atom. The van der Waals surface area contributed by atoms with Gasteiger partial charge in [-0.25, -0.2) is 13.1 Å². The lowest BCUT2D eigenvalue weighted by atomic mass is 10.1. The summed E-state index contributed by atoms with van der Waals surface area (Å²) >= 11 is 1.60. The molecule has 1 aromatic rings. The fourth-order valence-corrected chi connectivity index (χ4v) is 3.17. The Balaban J connectivity index is 2.81. The van der Waals surface area contributed by atoms with E-state index >= 15 is 0 Å². The zero-order valence-electron chi connectivity index (χ0n) is 9.93. The second-order valence-electron chi connectivity index (χ2n) is 4.07. The fraction of sp³-hybridized carbons (Fsp3) is 0.636. The van der Waals surface area contributed by atoms with E-state index in [0.29, 0.717) is 0 Å². The minimum absolute atomic E-state index is 0.0719. The summed E-state index contributed by atoms with van der Waals surface area (Å²) in [5.74, 6) is 0. The lowest BCUT2D eigenvalue weighted by molar-refractivity contribution is 0.533. The highest BCUT2D eigenvalue weighted by Crippen LogP contribution is 2.24. The first kappa shape index (κ1) is 13.7. The molecular formula is C11H19NO2S2. The van der Waals surface area contributed by atoms with Gasteiger partial charge < -0.3 is 0 Å². The van der Waals surface area contributed by atoms with E-state index in [9.17, 15) is 8.42 Å². The molecule has 1 aromatic heterocycles. The Morgan fingerprint density at radius 2 is 2.12 bits per heavy atom. The van der Waals surface area contributed by atoms with Crippen LogP contribution in [0.1, 0.15) is 44.5 Å². The Kier molecular flexibility index (Phi) is 4.95. The van der Waals surface area contributed by atoms with Gasteiger partial charge in [-0.2, -0.15) is 0 Å². The molecule has 0 bridgehead atoms. The number of thiophene rings is 1. The summed E-state index contributed by atoms with van der Waals surface area (Å²) in [5, 5.41) is 1.59. The van der Waals surface area contributed by atoms with Gasteiger partial charge in [0.2, 0.25) is 10.0 Å². The fourth-order valence-electron chi connectivity index (χ4n) is 1.37. The van der Waals surface area contributed by atoms with Crippen LogP contribution in [0, 0.1) is 0 Å². The predicted molar refractivity (Wildman–Crippen MR) is 69.2 cm³/mol. The van der Waals surface area contributed by atoms with E-state index in [1.54, 1.807) is 25.2 Å². The van der Waals surface area contributed by atoms with Crippen LogP contribution in [0.3, 0.4) is 0 Å². The van der Waals surface area contributed by atoms with Gasteiger partial charge in [0, 0.05) is 4.88 Å². The molecule has 1 unspecified atom stereocenters. The highest BCUT2D eigenvalue weighted by Gasteiger charge is 2.22. The minimum Gasteiger partial charge on any atom is -0.212 e. The smallest absolute Gasteiger partial charge is 0.212 e. The molecule has 5 heteroatoms. The minimum atomic E-state index is -3.19. The molecule has 16 heavy (non-hydrogen) atoms. The van der Waals surface area contributed by atoms with Crippen molar-refractivity contribution in [2.24, 2.45) is 0 Å². The lowest BCUT2D eigenvalue weighted by Crippen LogP contribution is -2.33. The topological polar surface area (TPSA) is 46.2 Å². The van der Waals surface area contributed by atoms with Gasteiger partial charge in [-0.15, -0.1) is 11.3 Å². The van der Waals surface area contributed by atoms with Crippen LogP contribution in [0.4, 0.5) is 0 Å². The maximum absolute atomic E-state index is 11.8. The Bertz CT molecular complexity index is 396. The molecule has 0 amide bonds. The van der Waals surface area contributed by atoms with E-state index in [0.717, 1.165) is 17.7 Å². The number of hydrogen-bond acceptors (Lipinski definition) is 3. The quantitative estimate of drug-likeness (QED) is 0.856. The van der Waals surface area contributed by atoms with Gasteiger partial charge in [0.05, 0.1) is 11.3 Å².